The Kier molecular flexibility index (Phi) is 5.10. The Bertz CT molecular complexity index is 480. The topological polar surface area (TPSA) is 93.2 Å². The molecule has 0 saturated heterocycles. The normalized spacial score (nSPS) is 14.3. The van der Waals surface area contributed by atoms with Crippen molar-refractivity contribution < 1.29 is 10.0 Å². The number of nitrogens with one attached hydrogen (secondary N) is 1. The maximum absolute atomic E-state index is 11.2. The molecule has 1 atom stereocenters. The number of nitro groups is 1. The van der Waals surface area contributed by atoms with Gasteiger partial charge in [0.2, 0.25) is 5.82 Å². The highest BCUT2D eigenvalue weighted by molar-refractivity contribution is 5.59. The van der Waals surface area contributed by atoms with Crippen molar-refractivity contribution in [2.75, 3.05) is 11.9 Å². The number of rotatable bonds is 7. The minimum absolute atomic E-state index is 0.000948. The molecule has 0 amide bonds. The molecular weight excluding hydrogens is 260 g/mol. The van der Waals surface area contributed by atoms with Gasteiger partial charge in [0.15, 0.2) is 0 Å². The smallest absolute Gasteiger partial charge is 0.333 e. The van der Waals surface area contributed by atoms with Crippen LogP contribution in [0.5, 0.6) is 0 Å². The highest BCUT2D eigenvalue weighted by atomic mass is 16.6. The summed E-state index contributed by atoms with van der Waals surface area (Å²) in [5.41, 5.74) is -0.546. The lowest BCUT2D eigenvalue weighted by molar-refractivity contribution is -0.384. The van der Waals surface area contributed by atoms with Crippen LogP contribution in [0.3, 0.4) is 0 Å². The van der Waals surface area contributed by atoms with Gasteiger partial charge in [-0.1, -0.05) is 13.3 Å². The van der Waals surface area contributed by atoms with E-state index in [1.165, 1.54) is 0 Å². The molecule has 1 aromatic heterocycles. The molecular formula is C13H24N4O3. The average Bonchev–Trinajstić information content (AvgIpc) is 2.63. The zero-order valence-electron chi connectivity index (χ0n) is 12.8. The average molecular weight is 284 g/mol. The second kappa shape index (κ2) is 6.21. The molecule has 0 saturated carbocycles. The molecule has 0 bridgehead atoms. The standard InChI is InChI=1S/C13H24N4O3/c1-6-7-13(5,18)8-14-12-11(17(19)20)10(4)15-16(12)9(2)3/h9,14,18H,6-8H2,1-5H3. The Morgan fingerprint density at radius 2 is 2.15 bits per heavy atom. The predicted molar refractivity (Wildman–Crippen MR) is 78.0 cm³/mol. The van der Waals surface area contributed by atoms with Gasteiger partial charge in [0.05, 0.1) is 10.5 Å². The third-order valence-corrected chi connectivity index (χ3v) is 3.15. The second-order valence-corrected chi connectivity index (χ2v) is 5.68. The second-order valence-electron chi connectivity index (χ2n) is 5.68. The van der Waals surface area contributed by atoms with Gasteiger partial charge in [-0.15, -0.1) is 0 Å². The Morgan fingerprint density at radius 1 is 1.55 bits per heavy atom. The van der Waals surface area contributed by atoms with Crippen LogP contribution in [0.2, 0.25) is 0 Å². The van der Waals surface area contributed by atoms with E-state index in [-0.39, 0.29) is 18.3 Å². The number of aliphatic hydroxyl groups is 1. The lowest BCUT2D eigenvalue weighted by Crippen LogP contribution is -2.34. The van der Waals surface area contributed by atoms with Crippen LogP contribution in [0, 0.1) is 17.0 Å². The summed E-state index contributed by atoms with van der Waals surface area (Å²) >= 11 is 0. The van der Waals surface area contributed by atoms with E-state index in [2.05, 4.69) is 10.4 Å². The summed E-state index contributed by atoms with van der Waals surface area (Å²) in [4.78, 5) is 10.7. The first-order valence-electron chi connectivity index (χ1n) is 6.89. The Hall–Kier alpha value is -1.63. The highest BCUT2D eigenvalue weighted by Crippen LogP contribution is 2.31. The Morgan fingerprint density at radius 3 is 2.60 bits per heavy atom. The molecule has 0 fully saturated rings. The van der Waals surface area contributed by atoms with Crippen LogP contribution in [0.15, 0.2) is 0 Å². The molecule has 114 valence electrons. The molecule has 1 heterocycles. The lowest BCUT2D eigenvalue weighted by Gasteiger charge is -2.23. The van der Waals surface area contributed by atoms with Gasteiger partial charge in [-0.05, 0) is 34.1 Å². The molecule has 20 heavy (non-hydrogen) atoms. The predicted octanol–water partition coefficient (Wildman–Crippen LogP) is 2.64. The van der Waals surface area contributed by atoms with Crippen molar-refractivity contribution in [3.8, 4) is 0 Å². The fraction of sp³-hybridized carbons (Fsp3) is 0.769. The summed E-state index contributed by atoms with van der Waals surface area (Å²) < 4.78 is 1.59. The molecule has 0 aromatic carbocycles. The largest absolute Gasteiger partial charge is 0.388 e. The van der Waals surface area contributed by atoms with Crippen LogP contribution in [0.4, 0.5) is 11.5 Å². The van der Waals surface area contributed by atoms with Crippen LogP contribution < -0.4 is 5.32 Å². The highest BCUT2D eigenvalue weighted by Gasteiger charge is 2.28. The third-order valence-electron chi connectivity index (χ3n) is 3.15. The fourth-order valence-corrected chi connectivity index (χ4v) is 2.20. The van der Waals surface area contributed by atoms with Crippen LogP contribution in [-0.4, -0.2) is 32.0 Å². The fourth-order valence-electron chi connectivity index (χ4n) is 2.20. The van der Waals surface area contributed by atoms with Crippen molar-refractivity contribution in [1.82, 2.24) is 9.78 Å². The molecule has 1 rings (SSSR count). The quantitative estimate of drug-likeness (QED) is 0.593. The summed E-state index contributed by atoms with van der Waals surface area (Å²) in [5, 5.41) is 28.6. The number of nitrogens with zero attached hydrogens (tertiary/aromatic N) is 3. The third kappa shape index (κ3) is 3.69. The van der Waals surface area contributed by atoms with Gasteiger partial charge >= 0.3 is 5.69 Å². The van der Waals surface area contributed by atoms with Crippen LogP contribution in [-0.2, 0) is 0 Å². The van der Waals surface area contributed by atoms with Crippen molar-refractivity contribution in [2.45, 2.75) is 59.1 Å². The SMILES string of the molecule is CCCC(C)(O)CNc1c([N+](=O)[O-])c(C)nn1C(C)C. The monoisotopic (exact) mass is 284 g/mol. The van der Waals surface area contributed by atoms with E-state index in [1.807, 2.05) is 20.8 Å². The summed E-state index contributed by atoms with van der Waals surface area (Å²) in [6.45, 7) is 9.39. The zero-order chi connectivity index (χ0) is 15.5. The molecule has 7 nitrogen and oxygen atoms in total. The van der Waals surface area contributed by atoms with Crippen LogP contribution in [0.1, 0.15) is 52.3 Å². The first-order chi connectivity index (χ1) is 9.19. The number of anilines is 1. The maximum atomic E-state index is 11.2. The molecule has 2 N–H and O–H groups in total. The molecule has 0 aliphatic heterocycles. The summed E-state index contributed by atoms with van der Waals surface area (Å²) in [7, 11) is 0. The van der Waals surface area contributed by atoms with Crippen LogP contribution >= 0.6 is 0 Å². The van der Waals surface area contributed by atoms with E-state index in [4.69, 9.17) is 0 Å². The zero-order valence-corrected chi connectivity index (χ0v) is 12.8. The van der Waals surface area contributed by atoms with Crippen molar-refractivity contribution in [3.05, 3.63) is 15.8 Å². The molecule has 1 aromatic rings. The van der Waals surface area contributed by atoms with Gasteiger partial charge in [-0.2, -0.15) is 5.10 Å². The molecule has 0 spiro atoms. The van der Waals surface area contributed by atoms with Gasteiger partial charge in [-0.25, -0.2) is 4.68 Å². The number of hydrogen-bond acceptors (Lipinski definition) is 5. The maximum Gasteiger partial charge on any atom is 0.333 e. The van der Waals surface area contributed by atoms with Crippen molar-refractivity contribution in [2.24, 2.45) is 0 Å². The molecule has 0 radical (unpaired) electrons. The van der Waals surface area contributed by atoms with Crippen LogP contribution in [0.25, 0.3) is 0 Å². The Balaban J connectivity index is 3.06. The lowest BCUT2D eigenvalue weighted by atomic mass is 10.0. The first-order valence-corrected chi connectivity index (χ1v) is 6.89. The minimum Gasteiger partial charge on any atom is -0.388 e. The summed E-state index contributed by atoms with van der Waals surface area (Å²) in [6, 6.07) is 0.000948. The van der Waals surface area contributed by atoms with E-state index in [0.29, 0.717) is 17.9 Å². The van der Waals surface area contributed by atoms with Crippen molar-refractivity contribution in [1.29, 1.82) is 0 Å². The minimum atomic E-state index is -0.900. The number of aryl methyl sites for hydroxylation is 1. The van der Waals surface area contributed by atoms with E-state index in [9.17, 15) is 15.2 Å². The van der Waals surface area contributed by atoms with Crippen molar-refractivity contribution in [3.63, 3.8) is 0 Å². The molecule has 0 aliphatic carbocycles. The number of hydrogen-bond donors (Lipinski definition) is 2. The van der Waals surface area contributed by atoms with Gasteiger partial charge in [0, 0.05) is 12.6 Å². The molecule has 0 aliphatic rings. The molecule has 7 heteroatoms. The van der Waals surface area contributed by atoms with Gasteiger partial charge < -0.3 is 10.4 Å². The summed E-state index contributed by atoms with van der Waals surface area (Å²) in [5.74, 6) is 0.360. The van der Waals surface area contributed by atoms with Crippen molar-refractivity contribution >= 4 is 11.5 Å². The first kappa shape index (κ1) is 16.4. The Labute approximate surface area is 119 Å². The summed E-state index contributed by atoms with van der Waals surface area (Å²) in [6.07, 6.45) is 1.47. The number of aromatic nitrogens is 2. The van der Waals surface area contributed by atoms with Gasteiger partial charge in [0.25, 0.3) is 0 Å². The van der Waals surface area contributed by atoms with E-state index < -0.39 is 10.5 Å². The molecule has 1 unspecified atom stereocenters. The van der Waals surface area contributed by atoms with E-state index in [0.717, 1.165) is 6.42 Å². The van der Waals surface area contributed by atoms with Gasteiger partial charge in [0.1, 0.15) is 5.69 Å². The van der Waals surface area contributed by atoms with Gasteiger partial charge in [-0.3, -0.25) is 10.1 Å². The van der Waals surface area contributed by atoms with E-state index >= 15 is 0 Å². The van der Waals surface area contributed by atoms with E-state index in [1.54, 1.807) is 18.5 Å².